The second-order valence-corrected chi connectivity index (χ2v) is 5.37. The molecular weight excluding hydrogens is 331 g/mol. The summed E-state index contributed by atoms with van der Waals surface area (Å²) in [6, 6.07) is 4.63. The molecule has 1 amide bonds. The molecule has 1 fully saturated rings. The van der Waals surface area contributed by atoms with Gasteiger partial charge in [-0.3, -0.25) is 4.79 Å². The topological polar surface area (TPSA) is 49.6 Å². The second-order valence-electron chi connectivity index (χ2n) is 5.37. The number of alkyl halides is 3. The molecule has 8 heteroatoms. The molecule has 0 bridgehead atoms. The van der Waals surface area contributed by atoms with Crippen molar-refractivity contribution in [3.63, 3.8) is 0 Å². The molecule has 0 aliphatic carbocycles. The molecule has 2 rings (SSSR count). The van der Waals surface area contributed by atoms with Gasteiger partial charge in [0.25, 0.3) is 0 Å². The van der Waals surface area contributed by atoms with E-state index >= 15 is 0 Å². The zero-order chi connectivity index (χ0) is 16.3. The highest BCUT2D eigenvalue weighted by Gasteiger charge is 2.30. The van der Waals surface area contributed by atoms with Crippen LogP contribution < -0.4 is 10.6 Å². The first-order chi connectivity index (χ1) is 10.3. The third-order valence-electron chi connectivity index (χ3n) is 3.91. The largest absolute Gasteiger partial charge is 0.416 e. The van der Waals surface area contributed by atoms with Crippen molar-refractivity contribution in [1.29, 1.82) is 0 Å². The van der Waals surface area contributed by atoms with Gasteiger partial charge in [-0.25, -0.2) is 0 Å². The minimum absolute atomic E-state index is 0. The van der Waals surface area contributed by atoms with Crippen molar-refractivity contribution in [2.24, 2.45) is 5.73 Å². The van der Waals surface area contributed by atoms with E-state index in [2.05, 4.69) is 0 Å². The summed E-state index contributed by atoms with van der Waals surface area (Å²) in [5, 5.41) is 0. The van der Waals surface area contributed by atoms with Crippen molar-refractivity contribution in [3.05, 3.63) is 29.8 Å². The smallest absolute Gasteiger partial charge is 0.368 e. The Morgan fingerprint density at radius 3 is 2.13 bits per heavy atom. The predicted octanol–water partition coefficient (Wildman–Crippen LogP) is 2.51. The van der Waals surface area contributed by atoms with Crippen LogP contribution in [0.4, 0.5) is 18.9 Å². The monoisotopic (exact) mass is 351 g/mol. The summed E-state index contributed by atoms with van der Waals surface area (Å²) in [7, 11) is 0. The lowest BCUT2D eigenvalue weighted by molar-refractivity contribution is -0.137. The summed E-state index contributed by atoms with van der Waals surface area (Å²) in [6.07, 6.45) is -3.72. The van der Waals surface area contributed by atoms with E-state index in [4.69, 9.17) is 5.73 Å². The van der Waals surface area contributed by atoms with Crippen LogP contribution in [0, 0.1) is 0 Å². The van der Waals surface area contributed by atoms with E-state index in [1.54, 1.807) is 4.90 Å². The van der Waals surface area contributed by atoms with Crippen LogP contribution in [0.3, 0.4) is 0 Å². The van der Waals surface area contributed by atoms with E-state index in [0.717, 1.165) is 17.8 Å². The van der Waals surface area contributed by atoms with Crippen LogP contribution in [0.25, 0.3) is 0 Å². The number of rotatable bonds is 3. The van der Waals surface area contributed by atoms with E-state index in [-0.39, 0.29) is 18.3 Å². The number of amides is 1. The van der Waals surface area contributed by atoms with Crippen LogP contribution in [-0.4, -0.2) is 43.0 Å². The van der Waals surface area contributed by atoms with E-state index in [0.29, 0.717) is 32.6 Å². The molecule has 1 atom stereocenters. The first kappa shape index (κ1) is 19.6. The molecule has 1 aliphatic heterocycles. The third kappa shape index (κ3) is 4.75. The van der Waals surface area contributed by atoms with Crippen LogP contribution in [0.5, 0.6) is 0 Å². The Bertz CT molecular complexity index is 514. The average molecular weight is 352 g/mol. The lowest BCUT2D eigenvalue weighted by atomic mass is 10.1. The average Bonchev–Trinajstić information content (AvgIpc) is 2.53. The Kier molecular flexibility index (Phi) is 6.70. The SMILES string of the molecule is CCC(N)C(=O)N1CCN(c2ccc(C(F)(F)F)cc2)CC1.Cl. The second kappa shape index (κ2) is 7.88. The number of benzene rings is 1. The maximum absolute atomic E-state index is 12.5. The fraction of sp³-hybridized carbons (Fsp3) is 0.533. The van der Waals surface area contributed by atoms with Crippen molar-refractivity contribution >= 4 is 24.0 Å². The number of anilines is 1. The van der Waals surface area contributed by atoms with Gasteiger partial charge in [-0.15, -0.1) is 12.4 Å². The number of nitrogens with zero attached hydrogens (tertiary/aromatic N) is 2. The standard InChI is InChI=1S/C15H20F3N3O.ClH/c1-2-13(19)14(22)21-9-7-20(8-10-21)12-5-3-11(4-6-12)15(16,17)18;/h3-6,13H,2,7-10,19H2,1H3;1H. The Morgan fingerprint density at radius 2 is 1.70 bits per heavy atom. The van der Waals surface area contributed by atoms with Gasteiger partial charge < -0.3 is 15.5 Å². The van der Waals surface area contributed by atoms with Gasteiger partial charge in [0.2, 0.25) is 5.91 Å². The van der Waals surface area contributed by atoms with Crippen molar-refractivity contribution in [1.82, 2.24) is 4.90 Å². The lowest BCUT2D eigenvalue weighted by Gasteiger charge is -2.37. The fourth-order valence-electron chi connectivity index (χ4n) is 2.46. The van der Waals surface area contributed by atoms with Crippen LogP contribution in [-0.2, 0) is 11.0 Å². The molecule has 1 aliphatic rings. The summed E-state index contributed by atoms with van der Waals surface area (Å²) in [5.74, 6) is -0.0606. The molecule has 1 unspecified atom stereocenters. The first-order valence-electron chi connectivity index (χ1n) is 7.29. The molecule has 1 saturated heterocycles. The fourth-order valence-corrected chi connectivity index (χ4v) is 2.46. The van der Waals surface area contributed by atoms with Gasteiger partial charge in [0.1, 0.15) is 0 Å². The Balaban J connectivity index is 0.00000264. The minimum Gasteiger partial charge on any atom is -0.368 e. The third-order valence-corrected chi connectivity index (χ3v) is 3.91. The number of piperazine rings is 1. The zero-order valence-electron chi connectivity index (χ0n) is 12.8. The van der Waals surface area contributed by atoms with Crippen molar-refractivity contribution < 1.29 is 18.0 Å². The maximum atomic E-state index is 12.5. The van der Waals surface area contributed by atoms with E-state index in [1.807, 2.05) is 11.8 Å². The van der Waals surface area contributed by atoms with Crippen molar-refractivity contribution in [2.75, 3.05) is 31.1 Å². The van der Waals surface area contributed by atoms with Crippen LogP contribution in [0.1, 0.15) is 18.9 Å². The molecule has 23 heavy (non-hydrogen) atoms. The summed E-state index contributed by atoms with van der Waals surface area (Å²) < 4.78 is 37.6. The number of carbonyl (C=O) groups excluding carboxylic acids is 1. The van der Waals surface area contributed by atoms with Gasteiger partial charge in [0, 0.05) is 31.9 Å². The predicted molar refractivity (Wildman–Crippen MR) is 85.8 cm³/mol. The molecule has 0 spiro atoms. The molecular formula is C15H21ClF3N3O. The van der Waals surface area contributed by atoms with Crippen LogP contribution in [0.15, 0.2) is 24.3 Å². The molecule has 1 aromatic rings. The van der Waals surface area contributed by atoms with E-state index in [1.165, 1.54) is 12.1 Å². The number of hydrogen-bond acceptors (Lipinski definition) is 3. The van der Waals surface area contributed by atoms with Crippen LogP contribution in [0.2, 0.25) is 0 Å². The normalized spacial score (nSPS) is 16.7. The van der Waals surface area contributed by atoms with Gasteiger partial charge in [0.15, 0.2) is 0 Å². The Labute approximate surface area is 139 Å². The summed E-state index contributed by atoms with van der Waals surface area (Å²) in [4.78, 5) is 15.7. The molecule has 1 aromatic carbocycles. The molecule has 130 valence electrons. The highest BCUT2D eigenvalue weighted by atomic mass is 35.5. The van der Waals surface area contributed by atoms with Gasteiger partial charge in [0.05, 0.1) is 11.6 Å². The molecule has 0 saturated carbocycles. The zero-order valence-corrected chi connectivity index (χ0v) is 13.7. The van der Waals surface area contributed by atoms with Gasteiger partial charge in [-0.2, -0.15) is 13.2 Å². The number of nitrogens with two attached hydrogens (primary N) is 1. The van der Waals surface area contributed by atoms with Crippen molar-refractivity contribution in [2.45, 2.75) is 25.6 Å². The lowest BCUT2D eigenvalue weighted by Crippen LogP contribution is -2.53. The highest BCUT2D eigenvalue weighted by Crippen LogP contribution is 2.30. The van der Waals surface area contributed by atoms with Gasteiger partial charge >= 0.3 is 6.18 Å². The van der Waals surface area contributed by atoms with E-state index < -0.39 is 17.8 Å². The number of carbonyl (C=O) groups is 1. The number of hydrogen-bond donors (Lipinski definition) is 1. The van der Waals surface area contributed by atoms with Gasteiger partial charge in [-0.05, 0) is 30.7 Å². The molecule has 4 nitrogen and oxygen atoms in total. The Morgan fingerprint density at radius 1 is 1.17 bits per heavy atom. The summed E-state index contributed by atoms with van der Waals surface area (Å²) in [6.45, 7) is 4.11. The molecule has 1 heterocycles. The first-order valence-corrected chi connectivity index (χ1v) is 7.29. The maximum Gasteiger partial charge on any atom is 0.416 e. The van der Waals surface area contributed by atoms with Crippen molar-refractivity contribution in [3.8, 4) is 0 Å². The molecule has 0 radical (unpaired) electrons. The Hall–Kier alpha value is -1.47. The van der Waals surface area contributed by atoms with Gasteiger partial charge in [-0.1, -0.05) is 6.92 Å². The number of halogens is 4. The van der Waals surface area contributed by atoms with E-state index in [9.17, 15) is 18.0 Å². The molecule has 0 aromatic heterocycles. The highest BCUT2D eigenvalue weighted by molar-refractivity contribution is 5.85. The summed E-state index contributed by atoms with van der Waals surface area (Å²) in [5.41, 5.74) is 5.82. The summed E-state index contributed by atoms with van der Waals surface area (Å²) >= 11 is 0. The minimum atomic E-state index is -4.32. The van der Waals surface area contributed by atoms with Crippen LogP contribution >= 0.6 is 12.4 Å². The quantitative estimate of drug-likeness (QED) is 0.910. The molecule has 2 N–H and O–H groups in total.